The maximum Gasteiger partial charge on any atom is 0.242 e. The lowest BCUT2D eigenvalue weighted by atomic mass is 9.96. The van der Waals surface area contributed by atoms with Crippen molar-refractivity contribution in [3.05, 3.63) is 18.2 Å². The van der Waals surface area contributed by atoms with Gasteiger partial charge in [0.05, 0.1) is 11.8 Å². The SMILES string of the molecule is CNS(=O)(=O)c1ccc(NCC2(O)CCOC2C)cc1N. The van der Waals surface area contributed by atoms with Crippen LogP contribution in [0, 0.1) is 0 Å². The molecule has 0 aromatic heterocycles. The summed E-state index contributed by atoms with van der Waals surface area (Å²) in [6.45, 7) is 2.66. The lowest BCUT2D eigenvalue weighted by Crippen LogP contribution is -2.43. The third-order valence-electron chi connectivity index (χ3n) is 3.83. The van der Waals surface area contributed by atoms with Crippen molar-refractivity contribution < 1.29 is 18.3 Å². The lowest BCUT2D eigenvalue weighted by molar-refractivity contribution is -0.0175. The molecule has 1 heterocycles. The molecule has 1 aromatic carbocycles. The standard InChI is InChI=1S/C13H21N3O4S/c1-9-13(17,5-6-20-9)8-16-10-3-4-12(11(14)7-10)21(18,19)15-2/h3-4,7,9,15-17H,5-6,8,14H2,1-2H3. The van der Waals surface area contributed by atoms with Gasteiger partial charge >= 0.3 is 0 Å². The predicted molar refractivity (Wildman–Crippen MR) is 80.6 cm³/mol. The zero-order valence-corrected chi connectivity index (χ0v) is 12.9. The Bertz CT molecular complexity index is 620. The molecule has 7 nitrogen and oxygen atoms in total. The summed E-state index contributed by atoms with van der Waals surface area (Å²) in [5.74, 6) is 0. The van der Waals surface area contributed by atoms with Gasteiger partial charge in [-0.15, -0.1) is 0 Å². The van der Waals surface area contributed by atoms with E-state index >= 15 is 0 Å². The first kappa shape index (κ1) is 16.0. The van der Waals surface area contributed by atoms with Gasteiger partial charge in [-0.2, -0.15) is 0 Å². The molecule has 21 heavy (non-hydrogen) atoms. The highest BCUT2D eigenvalue weighted by Gasteiger charge is 2.39. The Morgan fingerprint density at radius 2 is 2.24 bits per heavy atom. The minimum atomic E-state index is -3.57. The number of hydrogen-bond donors (Lipinski definition) is 4. The average Bonchev–Trinajstić information content (AvgIpc) is 2.77. The number of nitrogens with two attached hydrogens (primary N) is 1. The molecular weight excluding hydrogens is 294 g/mol. The summed E-state index contributed by atoms with van der Waals surface area (Å²) in [6, 6.07) is 4.58. The van der Waals surface area contributed by atoms with Crippen molar-refractivity contribution in [1.82, 2.24) is 4.72 Å². The number of hydrogen-bond acceptors (Lipinski definition) is 6. The molecule has 0 bridgehead atoms. The molecular formula is C13H21N3O4S. The van der Waals surface area contributed by atoms with Crippen molar-refractivity contribution in [3.63, 3.8) is 0 Å². The lowest BCUT2D eigenvalue weighted by Gasteiger charge is -2.26. The van der Waals surface area contributed by atoms with Crippen molar-refractivity contribution in [2.75, 3.05) is 31.2 Å². The molecule has 1 aliphatic heterocycles. The quantitative estimate of drug-likeness (QED) is 0.574. The zero-order valence-electron chi connectivity index (χ0n) is 12.1. The molecule has 2 unspecified atom stereocenters. The van der Waals surface area contributed by atoms with E-state index in [0.717, 1.165) is 0 Å². The Morgan fingerprint density at radius 3 is 2.76 bits per heavy atom. The minimum absolute atomic E-state index is 0.0341. The fraction of sp³-hybridized carbons (Fsp3) is 0.538. The summed E-state index contributed by atoms with van der Waals surface area (Å²) in [5, 5.41) is 13.5. The van der Waals surface area contributed by atoms with Gasteiger partial charge in [-0.3, -0.25) is 0 Å². The number of rotatable bonds is 5. The summed E-state index contributed by atoms with van der Waals surface area (Å²) in [5.41, 5.74) is 5.65. The Labute approximate surface area is 124 Å². The van der Waals surface area contributed by atoms with Crippen molar-refractivity contribution in [2.45, 2.75) is 29.9 Å². The van der Waals surface area contributed by atoms with Crippen LogP contribution in [0.2, 0.25) is 0 Å². The van der Waals surface area contributed by atoms with E-state index in [1.807, 2.05) is 6.92 Å². The fourth-order valence-corrected chi connectivity index (χ4v) is 3.11. The van der Waals surface area contributed by atoms with Crippen LogP contribution in [0.25, 0.3) is 0 Å². The van der Waals surface area contributed by atoms with Gasteiger partial charge in [-0.1, -0.05) is 0 Å². The molecule has 1 aliphatic rings. The molecule has 8 heteroatoms. The van der Waals surface area contributed by atoms with Crippen LogP contribution < -0.4 is 15.8 Å². The van der Waals surface area contributed by atoms with E-state index in [1.165, 1.54) is 19.2 Å². The van der Waals surface area contributed by atoms with Gasteiger partial charge in [0.2, 0.25) is 10.0 Å². The van der Waals surface area contributed by atoms with Gasteiger partial charge in [0.15, 0.2) is 0 Å². The van der Waals surface area contributed by atoms with Crippen molar-refractivity contribution in [3.8, 4) is 0 Å². The molecule has 118 valence electrons. The van der Waals surface area contributed by atoms with Crippen molar-refractivity contribution in [2.24, 2.45) is 0 Å². The molecule has 0 saturated carbocycles. The third kappa shape index (κ3) is 3.29. The molecule has 1 saturated heterocycles. The second kappa shape index (κ2) is 5.80. The summed E-state index contributed by atoms with van der Waals surface area (Å²) in [4.78, 5) is 0.0341. The number of benzene rings is 1. The van der Waals surface area contributed by atoms with E-state index in [9.17, 15) is 13.5 Å². The van der Waals surface area contributed by atoms with Gasteiger partial charge in [-0.25, -0.2) is 13.1 Å². The molecule has 0 spiro atoms. The Hall–Kier alpha value is -1.35. The minimum Gasteiger partial charge on any atom is -0.398 e. The number of sulfonamides is 1. The molecule has 1 fully saturated rings. The number of nitrogens with one attached hydrogen (secondary N) is 2. The highest BCUT2D eigenvalue weighted by Crippen LogP contribution is 2.27. The van der Waals surface area contributed by atoms with Crippen molar-refractivity contribution >= 4 is 21.4 Å². The predicted octanol–water partition coefficient (Wildman–Crippen LogP) is 0.129. The summed E-state index contributed by atoms with van der Waals surface area (Å²) < 4.78 is 31.0. The van der Waals surface area contributed by atoms with Crippen LogP contribution in [-0.4, -0.2) is 45.4 Å². The molecule has 2 rings (SSSR count). The fourth-order valence-electron chi connectivity index (χ4n) is 2.27. The molecule has 2 atom stereocenters. The largest absolute Gasteiger partial charge is 0.398 e. The summed E-state index contributed by atoms with van der Waals surface area (Å²) >= 11 is 0. The number of nitrogen functional groups attached to an aromatic ring is 1. The van der Waals surface area contributed by atoms with E-state index < -0.39 is 15.6 Å². The molecule has 0 amide bonds. The van der Waals surface area contributed by atoms with E-state index in [4.69, 9.17) is 10.5 Å². The Morgan fingerprint density at radius 1 is 1.52 bits per heavy atom. The third-order valence-corrected chi connectivity index (χ3v) is 5.31. The van der Waals surface area contributed by atoms with Gasteiger partial charge in [0.1, 0.15) is 10.5 Å². The first-order valence-corrected chi connectivity index (χ1v) is 8.18. The van der Waals surface area contributed by atoms with E-state index in [1.54, 1.807) is 6.07 Å². The van der Waals surface area contributed by atoms with E-state index in [-0.39, 0.29) is 16.7 Å². The van der Waals surface area contributed by atoms with Crippen molar-refractivity contribution in [1.29, 1.82) is 0 Å². The second-order valence-corrected chi connectivity index (χ2v) is 7.04. The monoisotopic (exact) mass is 315 g/mol. The molecule has 0 radical (unpaired) electrons. The Balaban J connectivity index is 2.11. The van der Waals surface area contributed by atoms with Gasteiger partial charge in [0, 0.05) is 25.3 Å². The number of anilines is 2. The van der Waals surface area contributed by atoms with Crippen LogP contribution in [0.15, 0.2) is 23.1 Å². The van der Waals surface area contributed by atoms with Gasteiger partial charge < -0.3 is 20.9 Å². The second-order valence-electron chi connectivity index (χ2n) is 5.18. The highest BCUT2D eigenvalue weighted by molar-refractivity contribution is 7.89. The molecule has 0 aliphatic carbocycles. The highest BCUT2D eigenvalue weighted by atomic mass is 32.2. The van der Waals surface area contributed by atoms with Crippen LogP contribution in [0.4, 0.5) is 11.4 Å². The smallest absolute Gasteiger partial charge is 0.242 e. The zero-order chi connectivity index (χ0) is 15.7. The first-order valence-electron chi connectivity index (χ1n) is 6.69. The van der Waals surface area contributed by atoms with Crippen LogP contribution in [0.5, 0.6) is 0 Å². The number of ether oxygens (including phenoxy) is 1. The van der Waals surface area contributed by atoms with Crippen LogP contribution in [0.3, 0.4) is 0 Å². The Kier molecular flexibility index (Phi) is 4.43. The average molecular weight is 315 g/mol. The summed E-state index contributed by atoms with van der Waals surface area (Å²) in [7, 11) is -2.24. The topological polar surface area (TPSA) is 114 Å². The van der Waals surface area contributed by atoms with Gasteiger partial charge in [-0.05, 0) is 32.2 Å². The van der Waals surface area contributed by atoms with E-state index in [2.05, 4.69) is 10.0 Å². The van der Waals surface area contributed by atoms with Crippen LogP contribution >= 0.6 is 0 Å². The summed E-state index contributed by atoms with van der Waals surface area (Å²) in [6.07, 6.45) is 0.314. The normalized spacial score (nSPS) is 26.0. The van der Waals surface area contributed by atoms with Crippen LogP contribution in [0.1, 0.15) is 13.3 Å². The first-order chi connectivity index (χ1) is 9.78. The van der Waals surface area contributed by atoms with Crippen LogP contribution in [-0.2, 0) is 14.8 Å². The molecule has 5 N–H and O–H groups in total. The van der Waals surface area contributed by atoms with E-state index in [0.29, 0.717) is 25.3 Å². The number of aliphatic hydroxyl groups is 1. The maximum absolute atomic E-state index is 11.7. The molecule has 1 aromatic rings. The maximum atomic E-state index is 11.7. The van der Waals surface area contributed by atoms with Gasteiger partial charge in [0.25, 0.3) is 0 Å².